The van der Waals surface area contributed by atoms with Gasteiger partial charge in [0.05, 0.1) is 0 Å². The molecule has 0 aliphatic heterocycles. The Morgan fingerprint density at radius 1 is 1.00 bits per heavy atom. The molecule has 0 aliphatic rings. The van der Waals surface area contributed by atoms with Crippen molar-refractivity contribution in [1.29, 1.82) is 0 Å². The smallest absolute Gasteiger partial charge is 0.316 e. The van der Waals surface area contributed by atoms with Gasteiger partial charge in [-0.1, -0.05) is 25.1 Å². The molecule has 0 aliphatic carbocycles. The summed E-state index contributed by atoms with van der Waals surface area (Å²) < 4.78 is 5.55. The Morgan fingerprint density at radius 3 is 2.22 bits per heavy atom. The minimum absolute atomic E-state index is 0.0711. The van der Waals surface area contributed by atoms with Crippen LogP contribution in [0.5, 0.6) is 5.75 Å². The van der Waals surface area contributed by atoms with E-state index in [9.17, 15) is 9.59 Å². The number of rotatable bonds is 6. The van der Waals surface area contributed by atoms with Crippen LogP contribution in [0.25, 0.3) is 0 Å². The summed E-state index contributed by atoms with van der Waals surface area (Å²) >= 11 is 0. The molecule has 2 aromatic rings. The van der Waals surface area contributed by atoms with Crippen LogP contribution in [-0.2, 0) is 11.2 Å². The Bertz CT molecular complexity index is 684. The van der Waals surface area contributed by atoms with Crippen molar-refractivity contribution in [2.45, 2.75) is 13.3 Å². The highest BCUT2D eigenvalue weighted by Gasteiger charge is 2.06. The van der Waals surface area contributed by atoms with Crippen LogP contribution >= 0.6 is 0 Å². The topological polar surface area (TPSA) is 93.4 Å². The fourth-order valence-electron chi connectivity index (χ4n) is 2.06. The minimum Gasteiger partial charge on any atom is -0.483 e. The number of carbonyl (C=O) groups is 2. The molecule has 0 saturated heterocycles. The number of hydrogen-bond donors (Lipinski definition) is 3. The monoisotopic (exact) mass is 313 g/mol. The van der Waals surface area contributed by atoms with Crippen molar-refractivity contribution >= 4 is 23.3 Å². The Balaban J connectivity index is 1.88. The van der Waals surface area contributed by atoms with Gasteiger partial charge in [0.15, 0.2) is 6.61 Å². The van der Waals surface area contributed by atoms with E-state index in [2.05, 4.69) is 10.6 Å². The average molecular weight is 313 g/mol. The van der Waals surface area contributed by atoms with E-state index < -0.39 is 6.03 Å². The second kappa shape index (κ2) is 7.84. The molecule has 0 aromatic heterocycles. The van der Waals surface area contributed by atoms with E-state index in [1.807, 2.05) is 31.2 Å². The van der Waals surface area contributed by atoms with Gasteiger partial charge in [0.25, 0.3) is 5.91 Å². The van der Waals surface area contributed by atoms with E-state index in [0.29, 0.717) is 17.1 Å². The number of aryl methyl sites for hydroxylation is 1. The third-order valence-corrected chi connectivity index (χ3v) is 3.15. The summed E-state index contributed by atoms with van der Waals surface area (Å²) in [7, 11) is 0. The summed E-state index contributed by atoms with van der Waals surface area (Å²) in [5, 5.41) is 5.17. The maximum absolute atomic E-state index is 11.9. The van der Waals surface area contributed by atoms with Crippen molar-refractivity contribution in [2.75, 3.05) is 17.2 Å². The summed E-state index contributed by atoms with van der Waals surface area (Å²) in [5.74, 6) is 0.456. The maximum Gasteiger partial charge on any atom is 0.316 e. The van der Waals surface area contributed by atoms with Crippen LogP contribution in [-0.4, -0.2) is 18.5 Å². The fraction of sp³-hybridized carbons (Fsp3) is 0.176. The highest BCUT2D eigenvalue weighted by Crippen LogP contribution is 2.18. The Labute approximate surface area is 134 Å². The molecule has 4 N–H and O–H groups in total. The molecule has 23 heavy (non-hydrogen) atoms. The van der Waals surface area contributed by atoms with Crippen molar-refractivity contribution in [3.63, 3.8) is 0 Å². The third kappa shape index (κ3) is 5.03. The number of hydrogen-bond acceptors (Lipinski definition) is 3. The number of para-hydroxylation sites is 1. The van der Waals surface area contributed by atoms with Crippen molar-refractivity contribution < 1.29 is 14.3 Å². The number of ether oxygens (including phenoxy) is 1. The van der Waals surface area contributed by atoms with E-state index in [-0.39, 0.29) is 12.5 Å². The molecular formula is C17H19N3O3. The minimum atomic E-state index is -0.634. The Hall–Kier alpha value is -3.02. The molecule has 0 saturated carbocycles. The normalized spacial score (nSPS) is 9.96. The largest absolute Gasteiger partial charge is 0.483 e. The fourth-order valence-corrected chi connectivity index (χ4v) is 2.06. The number of benzene rings is 2. The highest BCUT2D eigenvalue weighted by molar-refractivity contribution is 5.92. The molecule has 2 rings (SSSR count). The van der Waals surface area contributed by atoms with Crippen LogP contribution in [0.4, 0.5) is 16.2 Å². The first-order valence-electron chi connectivity index (χ1n) is 7.25. The van der Waals surface area contributed by atoms with Crippen molar-refractivity contribution in [1.82, 2.24) is 0 Å². The summed E-state index contributed by atoms with van der Waals surface area (Å²) in [4.78, 5) is 22.7. The number of nitrogens with one attached hydrogen (secondary N) is 2. The van der Waals surface area contributed by atoms with Gasteiger partial charge in [0.1, 0.15) is 5.75 Å². The predicted octanol–water partition coefficient (Wildman–Crippen LogP) is 2.76. The summed E-state index contributed by atoms with van der Waals surface area (Å²) in [5.41, 5.74) is 7.25. The molecule has 3 amide bonds. The van der Waals surface area contributed by atoms with Crippen LogP contribution in [0, 0.1) is 0 Å². The van der Waals surface area contributed by atoms with E-state index in [1.54, 1.807) is 24.3 Å². The van der Waals surface area contributed by atoms with Gasteiger partial charge in [-0.2, -0.15) is 0 Å². The zero-order valence-corrected chi connectivity index (χ0v) is 12.8. The van der Waals surface area contributed by atoms with Gasteiger partial charge in [-0.05, 0) is 42.3 Å². The number of carbonyl (C=O) groups excluding carboxylic acids is 2. The lowest BCUT2D eigenvalue weighted by Crippen LogP contribution is -2.21. The highest BCUT2D eigenvalue weighted by atomic mass is 16.5. The molecular weight excluding hydrogens is 294 g/mol. The lowest BCUT2D eigenvalue weighted by atomic mass is 10.1. The van der Waals surface area contributed by atoms with E-state index in [0.717, 1.165) is 12.0 Å². The molecule has 0 bridgehead atoms. The number of urea groups is 1. The zero-order chi connectivity index (χ0) is 16.7. The van der Waals surface area contributed by atoms with Gasteiger partial charge in [0.2, 0.25) is 0 Å². The van der Waals surface area contributed by atoms with Crippen LogP contribution in [0.15, 0.2) is 48.5 Å². The van der Waals surface area contributed by atoms with Gasteiger partial charge in [-0.3, -0.25) is 4.79 Å². The summed E-state index contributed by atoms with van der Waals surface area (Å²) in [6.45, 7) is 1.96. The van der Waals surface area contributed by atoms with Crippen LogP contribution < -0.4 is 21.1 Å². The first kappa shape index (κ1) is 16.4. The molecule has 2 aromatic carbocycles. The number of primary amides is 1. The number of anilines is 2. The zero-order valence-electron chi connectivity index (χ0n) is 12.8. The SMILES string of the molecule is CCc1ccccc1OCC(=O)Nc1ccc(NC(N)=O)cc1. The van der Waals surface area contributed by atoms with Crippen molar-refractivity contribution in [2.24, 2.45) is 5.73 Å². The standard InChI is InChI=1S/C17H19N3O3/c1-2-12-5-3-4-6-15(12)23-11-16(21)19-13-7-9-14(10-8-13)20-17(18)22/h3-10H,2,11H2,1H3,(H,19,21)(H3,18,20,22). The average Bonchev–Trinajstić information content (AvgIpc) is 2.54. The van der Waals surface area contributed by atoms with Crippen LogP contribution in [0.3, 0.4) is 0 Å². The second-order valence-electron chi connectivity index (χ2n) is 4.86. The molecule has 0 atom stereocenters. The summed E-state index contributed by atoms with van der Waals surface area (Å²) in [6.07, 6.45) is 0.839. The first-order chi connectivity index (χ1) is 11.1. The molecule has 0 radical (unpaired) electrons. The van der Waals surface area contributed by atoms with E-state index >= 15 is 0 Å². The molecule has 0 fully saturated rings. The van der Waals surface area contributed by atoms with Gasteiger partial charge < -0.3 is 21.1 Å². The summed E-state index contributed by atoms with van der Waals surface area (Å²) in [6, 6.07) is 13.6. The van der Waals surface area contributed by atoms with Gasteiger partial charge in [0, 0.05) is 11.4 Å². The number of amides is 3. The lowest BCUT2D eigenvalue weighted by molar-refractivity contribution is -0.118. The molecule has 6 heteroatoms. The molecule has 120 valence electrons. The van der Waals surface area contributed by atoms with Crippen LogP contribution in [0.1, 0.15) is 12.5 Å². The van der Waals surface area contributed by atoms with Crippen molar-refractivity contribution in [3.05, 3.63) is 54.1 Å². The third-order valence-electron chi connectivity index (χ3n) is 3.15. The molecule has 0 heterocycles. The maximum atomic E-state index is 11.9. The molecule has 0 spiro atoms. The number of nitrogens with two attached hydrogens (primary N) is 1. The molecule has 6 nitrogen and oxygen atoms in total. The van der Waals surface area contributed by atoms with Crippen molar-refractivity contribution in [3.8, 4) is 5.75 Å². The molecule has 0 unspecified atom stereocenters. The van der Waals surface area contributed by atoms with Gasteiger partial charge >= 0.3 is 6.03 Å². The van der Waals surface area contributed by atoms with Crippen LogP contribution in [0.2, 0.25) is 0 Å². The Kier molecular flexibility index (Phi) is 5.57. The van der Waals surface area contributed by atoms with E-state index in [4.69, 9.17) is 10.5 Å². The lowest BCUT2D eigenvalue weighted by Gasteiger charge is -2.11. The van der Waals surface area contributed by atoms with E-state index in [1.165, 1.54) is 0 Å². The quantitative estimate of drug-likeness (QED) is 0.765. The second-order valence-corrected chi connectivity index (χ2v) is 4.86. The first-order valence-corrected chi connectivity index (χ1v) is 7.25. The predicted molar refractivity (Wildman–Crippen MR) is 89.6 cm³/mol. The Morgan fingerprint density at radius 2 is 1.61 bits per heavy atom. The van der Waals surface area contributed by atoms with Gasteiger partial charge in [-0.25, -0.2) is 4.79 Å². The van der Waals surface area contributed by atoms with Gasteiger partial charge in [-0.15, -0.1) is 0 Å².